The van der Waals surface area contributed by atoms with Crippen LogP contribution in [-0.2, 0) is 128 Å². The lowest BCUT2D eigenvalue weighted by atomic mass is 10.6. The SMILES string of the molecule is COC(=O)/C=C/n1nnn(CCOP(=O)(O)OCC[N+]2=NN=[N+](/C=C/C(=O)OC)C2=O)c1=O.COC(=O)/C=C/n1nnn(CCOS(=O)(=O)OCC[N+]2=NN=[N+](/C=C/C(=O)OC)C2=O)c1=O.COC(=O)/C=C/n1nnn(COS(=O)(=O)OC[N+]2=NN=[N+](/C=C/C(=O)OC)C2=O)c1=O. The van der Waals surface area contributed by atoms with Gasteiger partial charge in [-0.3, -0.25) is 9.05 Å². The van der Waals surface area contributed by atoms with Gasteiger partial charge >= 0.3 is 115 Å². The quantitative estimate of drug-likeness (QED) is 0.0192. The number of hydrogen-bond acceptors (Lipinski definition) is 41. The Morgan fingerprint density at radius 2 is 0.753 bits per heavy atom. The third-order valence-corrected chi connectivity index (χ3v) is 12.8. The summed E-state index contributed by atoms with van der Waals surface area (Å²) in [6, 6.07) is -2.44. The van der Waals surface area contributed by atoms with E-state index in [-0.39, 0.29) is 26.2 Å². The lowest BCUT2D eigenvalue weighted by molar-refractivity contribution is -0.583. The van der Waals surface area contributed by atoms with E-state index in [0.717, 1.165) is 154 Å². The van der Waals surface area contributed by atoms with Crippen molar-refractivity contribution >= 4 is 101 Å². The molecule has 0 saturated carbocycles. The summed E-state index contributed by atoms with van der Waals surface area (Å²) in [5.41, 5.74) is -2.44. The summed E-state index contributed by atoms with van der Waals surface area (Å²) >= 11 is 0. The van der Waals surface area contributed by atoms with Gasteiger partial charge in [-0.1, -0.05) is 0 Å². The number of aromatic nitrogens is 12. The smallest absolute Gasteiger partial charge is 0.466 e. The second-order valence-electron chi connectivity index (χ2n) is 16.3. The van der Waals surface area contributed by atoms with Gasteiger partial charge in [0.2, 0.25) is 0 Å². The zero-order chi connectivity index (χ0) is 71.9. The highest BCUT2D eigenvalue weighted by Gasteiger charge is 2.43. The van der Waals surface area contributed by atoms with E-state index >= 15 is 0 Å². The number of phosphoric acid groups is 1. The molecule has 54 nitrogen and oxygen atoms in total. The standard InChI is InChI=1S/C14H18N8O10P.C14H18N8O10S.C12H14N8O10S/c2*1-29-11(23)3-5-19-13(25)21(17-15-19)7-9-31-33(27,28)32-10-8-22-14(26)20(16-18-22)6-4-12(24)30-2;1-27-9(21)3-5-17-11(23)19(15-13-17)7-29-31(25,26)30-8-20-12(24)18(14-16-20)6-4-10(22)28-2/h2*3-6H,7-10H2,1-2H3;3-6H,7-8H2,1-2H3/q+1;2*+2/p+1/b3*5-3+,6-4+. The summed E-state index contributed by atoms with van der Waals surface area (Å²) in [7, 11) is -6.85. The molecule has 522 valence electrons. The van der Waals surface area contributed by atoms with Crippen LogP contribution in [0, 0.1) is 0 Å². The zero-order valence-corrected chi connectivity index (χ0v) is 52.8. The molecule has 0 radical (unpaired) electrons. The van der Waals surface area contributed by atoms with Crippen molar-refractivity contribution in [2.24, 2.45) is 31.3 Å². The summed E-state index contributed by atoms with van der Waals surface area (Å²) < 4.78 is 121. The predicted molar refractivity (Wildman–Crippen MR) is 289 cm³/mol. The third-order valence-electron chi connectivity index (χ3n) is 10.1. The van der Waals surface area contributed by atoms with E-state index in [9.17, 15) is 83.8 Å². The van der Waals surface area contributed by atoms with Crippen LogP contribution in [0.1, 0.15) is 0 Å². The Bertz CT molecular complexity index is 4350. The Hall–Kier alpha value is -11.7. The average molecular weight is 1440 g/mol. The number of ether oxygens (including phenoxy) is 6. The number of amides is 6. The Balaban J connectivity index is 0.000000309. The molecule has 3 aliphatic heterocycles. The van der Waals surface area contributed by atoms with E-state index in [1.807, 2.05) is 0 Å². The first kappa shape index (κ1) is 77.8. The molecule has 6 rings (SSSR count). The molecular formula is C40H51N24O30PS2+6. The van der Waals surface area contributed by atoms with Crippen molar-refractivity contribution in [3.63, 3.8) is 0 Å². The molecule has 3 aromatic rings. The fraction of sp³-hybridized carbons (Fsp3) is 0.400. The molecule has 3 aromatic heterocycles. The van der Waals surface area contributed by atoms with E-state index in [2.05, 4.69) is 108 Å². The first-order valence-corrected chi connectivity index (χ1v) is 29.6. The fourth-order valence-corrected chi connectivity index (χ4v) is 7.32. The highest BCUT2D eigenvalue weighted by Crippen LogP contribution is 2.42. The molecule has 0 saturated heterocycles. The Labute approximate surface area is 537 Å². The number of carbonyl (C=O) groups excluding carboxylic acids is 9. The van der Waals surface area contributed by atoms with Gasteiger partial charge in [0.15, 0.2) is 38.4 Å². The van der Waals surface area contributed by atoms with Crippen LogP contribution in [0.3, 0.4) is 0 Å². The third kappa shape index (κ3) is 26.0. The number of rotatable bonds is 34. The fourth-order valence-electron chi connectivity index (χ4n) is 5.47. The topological polar surface area (TPSA) is 620 Å². The molecule has 6 amide bonds. The molecule has 57 heteroatoms. The van der Waals surface area contributed by atoms with E-state index in [1.54, 1.807) is 0 Å². The molecule has 1 atom stereocenters. The molecule has 0 fully saturated rings. The summed E-state index contributed by atoms with van der Waals surface area (Å²) in [4.78, 5) is 148. The van der Waals surface area contributed by atoms with Gasteiger partial charge in [0, 0.05) is 50.9 Å². The van der Waals surface area contributed by atoms with Crippen LogP contribution >= 0.6 is 7.82 Å². The van der Waals surface area contributed by atoms with E-state index in [1.165, 1.54) is 0 Å². The van der Waals surface area contributed by atoms with Gasteiger partial charge in [0.1, 0.15) is 27.3 Å². The average Bonchev–Trinajstić information content (AvgIpc) is 1.80. The number of phosphoric ester groups is 1. The van der Waals surface area contributed by atoms with Crippen LogP contribution in [0.25, 0.3) is 18.6 Å². The highest BCUT2D eigenvalue weighted by molar-refractivity contribution is 7.82. The van der Waals surface area contributed by atoms with Crippen LogP contribution < -0.4 is 17.1 Å². The Morgan fingerprint density at radius 3 is 1.18 bits per heavy atom. The number of carbonyl (C=O) groups is 9. The number of methoxy groups -OCH3 is 6. The summed E-state index contributed by atoms with van der Waals surface area (Å²) in [5, 5.41) is 41.3. The monoisotopic (exact) mass is 1440 g/mol. The van der Waals surface area contributed by atoms with Crippen molar-refractivity contribution < 1.29 is 152 Å². The molecular weight excluding hydrogens is 1390 g/mol. The maximum atomic E-state index is 12.0. The van der Waals surface area contributed by atoms with Crippen molar-refractivity contribution in [2.75, 3.05) is 88.9 Å². The number of urea groups is 3. The lowest BCUT2D eigenvalue weighted by Crippen LogP contribution is -2.28. The minimum Gasteiger partial charge on any atom is -0.466 e. The molecule has 1 unspecified atom stereocenters. The first-order chi connectivity index (χ1) is 46.0. The number of nitrogens with zero attached hydrogens (tertiary/aromatic N) is 24. The summed E-state index contributed by atoms with van der Waals surface area (Å²) in [6.45, 7) is -4.86. The van der Waals surface area contributed by atoms with Crippen LogP contribution in [0.2, 0.25) is 0 Å². The molecule has 0 aliphatic carbocycles. The van der Waals surface area contributed by atoms with Gasteiger partial charge < -0.3 is 33.3 Å². The number of esters is 6. The van der Waals surface area contributed by atoms with Crippen LogP contribution in [0.4, 0.5) is 14.4 Å². The molecule has 97 heavy (non-hydrogen) atoms. The number of tetrazole rings is 3. The van der Waals surface area contributed by atoms with Crippen LogP contribution in [0.5, 0.6) is 0 Å². The molecule has 0 spiro atoms. The van der Waals surface area contributed by atoms with Crippen LogP contribution in [0.15, 0.2) is 101 Å². The normalized spacial score (nSPS) is 14.6. The van der Waals surface area contributed by atoms with Crippen molar-refractivity contribution in [3.8, 4) is 0 Å². The second kappa shape index (κ2) is 37.9. The van der Waals surface area contributed by atoms with E-state index in [0.29, 0.717) is 18.8 Å². The zero-order valence-electron chi connectivity index (χ0n) is 50.3. The maximum absolute atomic E-state index is 12.0. The van der Waals surface area contributed by atoms with Gasteiger partial charge in [-0.05, 0) is 31.3 Å². The van der Waals surface area contributed by atoms with Crippen molar-refractivity contribution in [3.05, 3.63) is 86.5 Å². The highest BCUT2D eigenvalue weighted by atomic mass is 32.3. The van der Waals surface area contributed by atoms with E-state index < -0.39 is 139 Å². The van der Waals surface area contributed by atoms with Crippen LogP contribution in [-0.4, -0.2) is 252 Å². The summed E-state index contributed by atoms with van der Waals surface area (Å²) in [5.74, 6) is -4.37. The molecule has 3 aliphatic rings. The minimum absolute atomic E-state index is 0.251. The summed E-state index contributed by atoms with van der Waals surface area (Å²) in [6.07, 6.45) is 11.5. The largest absolute Gasteiger partial charge is 0.640 e. The van der Waals surface area contributed by atoms with E-state index in [4.69, 9.17) is 9.05 Å². The Morgan fingerprint density at radius 1 is 0.423 bits per heavy atom. The lowest BCUT2D eigenvalue weighted by Gasteiger charge is -2.10. The molecule has 6 heterocycles. The van der Waals surface area contributed by atoms with Gasteiger partial charge in [-0.2, -0.15) is 63.5 Å². The van der Waals surface area contributed by atoms with Crippen molar-refractivity contribution in [2.45, 2.75) is 19.8 Å². The van der Waals surface area contributed by atoms with Gasteiger partial charge in [-0.25, -0.2) is 60.3 Å². The predicted octanol–water partition coefficient (Wildman–Crippen LogP) is -5.15. The first-order valence-electron chi connectivity index (χ1n) is 25.4. The second-order valence-corrected chi connectivity index (χ2v) is 20.3. The molecule has 1 N–H and O–H groups in total. The van der Waals surface area contributed by atoms with Gasteiger partial charge in [0.25, 0.3) is 22.4 Å². The van der Waals surface area contributed by atoms with Gasteiger partial charge in [-0.15, -0.1) is 0 Å². The molecule has 0 bridgehead atoms. The number of hydrogen-bond donors (Lipinski definition) is 1. The molecule has 0 aromatic carbocycles. The van der Waals surface area contributed by atoms with Crippen molar-refractivity contribution in [1.29, 1.82) is 0 Å². The van der Waals surface area contributed by atoms with Crippen molar-refractivity contribution in [1.82, 2.24) is 59.4 Å². The van der Waals surface area contributed by atoms with Gasteiger partial charge in [0.05, 0.1) is 87.2 Å². The minimum atomic E-state index is -4.71. The Kier molecular flexibility index (Phi) is 30.4. The maximum Gasteiger partial charge on any atom is 0.640 e.